The Morgan fingerprint density at radius 3 is 2.59 bits per heavy atom. The number of fused-ring (bicyclic) bond motifs is 1. The molecule has 2 aromatic rings. The molecule has 0 fully saturated rings. The number of methoxy groups -OCH3 is 2. The van der Waals surface area contributed by atoms with Crippen LogP contribution in [-0.4, -0.2) is 32.6 Å². The average Bonchev–Trinajstić information content (AvgIpc) is 3.02. The largest absolute Gasteiger partial charge is 0.493 e. The van der Waals surface area contributed by atoms with Gasteiger partial charge >= 0.3 is 5.97 Å². The van der Waals surface area contributed by atoms with Crippen LogP contribution in [0.25, 0.3) is 6.08 Å². The third kappa shape index (κ3) is 4.59. The predicted molar refractivity (Wildman–Crippen MR) is 109 cm³/mol. The van der Waals surface area contributed by atoms with Crippen LogP contribution in [0.3, 0.4) is 0 Å². The van der Waals surface area contributed by atoms with Crippen LogP contribution in [0.2, 0.25) is 0 Å². The molecule has 0 bridgehead atoms. The lowest BCUT2D eigenvalue weighted by Gasteiger charge is -2.12. The summed E-state index contributed by atoms with van der Waals surface area (Å²) >= 11 is 0. The monoisotopic (exact) mass is 396 g/mol. The summed E-state index contributed by atoms with van der Waals surface area (Å²) < 4.78 is 21.6. The topological polar surface area (TPSA) is 71.1 Å². The van der Waals surface area contributed by atoms with Crippen LogP contribution in [-0.2, 0) is 4.74 Å². The molecule has 1 aliphatic heterocycles. The number of ether oxygens (including phenoxy) is 4. The molecule has 0 saturated heterocycles. The Balaban J connectivity index is 1.81. The highest BCUT2D eigenvalue weighted by Crippen LogP contribution is 2.34. The lowest BCUT2D eigenvalue weighted by molar-refractivity contribution is 0.0600. The van der Waals surface area contributed by atoms with Crippen LogP contribution in [0.1, 0.15) is 46.5 Å². The molecule has 1 aliphatic rings. The van der Waals surface area contributed by atoms with Crippen LogP contribution in [0.5, 0.6) is 17.2 Å². The summed E-state index contributed by atoms with van der Waals surface area (Å²) in [6, 6.07) is 10.1. The number of hydrogen-bond acceptors (Lipinski definition) is 6. The highest BCUT2D eigenvalue weighted by atomic mass is 16.5. The zero-order valence-electron chi connectivity index (χ0n) is 17.0. The van der Waals surface area contributed by atoms with E-state index in [4.69, 9.17) is 18.9 Å². The molecule has 0 spiro atoms. The molecule has 6 heteroatoms. The maximum atomic E-state index is 12.7. The van der Waals surface area contributed by atoms with Gasteiger partial charge in [-0.15, -0.1) is 0 Å². The Hall–Kier alpha value is -3.28. The van der Waals surface area contributed by atoms with Crippen molar-refractivity contribution in [2.24, 2.45) is 5.92 Å². The number of hydrogen-bond donors (Lipinski definition) is 0. The maximum Gasteiger partial charge on any atom is 0.337 e. The van der Waals surface area contributed by atoms with Gasteiger partial charge in [0.25, 0.3) is 0 Å². The van der Waals surface area contributed by atoms with Gasteiger partial charge in [-0.2, -0.15) is 0 Å². The van der Waals surface area contributed by atoms with Crippen LogP contribution in [0.4, 0.5) is 0 Å². The molecule has 152 valence electrons. The van der Waals surface area contributed by atoms with E-state index in [1.54, 1.807) is 31.4 Å². The number of benzene rings is 2. The predicted octanol–water partition coefficient (Wildman–Crippen LogP) is 4.52. The summed E-state index contributed by atoms with van der Waals surface area (Å²) in [5.74, 6) is 1.58. The Morgan fingerprint density at radius 2 is 1.90 bits per heavy atom. The molecule has 0 aliphatic carbocycles. The first-order chi connectivity index (χ1) is 13.9. The van der Waals surface area contributed by atoms with E-state index in [0.29, 0.717) is 40.9 Å². The summed E-state index contributed by atoms with van der Waals surface area (Å²) in [6.07, 6.45) is 2.59. The minimum atomic E-state index is -0.504. The summed E-state index contributed by atoms with van der Waals surface area (Å²) in [5.41, 5.74) is 1.37. The lowest BCUT2D eigenvalue weighted by atomic mass is 10.1. The van der Waals surface area contributed by atoms with Gasteiger partial charge in [0.15, 0.2) is 17.3 Å². The summed E-state index contributed by atoms with van der Waals surface area (Å²) in [6.45, 7) is 4.88. The zero-order valence-corrected chi connectivity index (χ0v) is 17.0. The molecule has 3 rings (SSSR count). The highest BCUT2D eigenvalue weighted by molar-refractivity contribution is 6.15. The van der Waals surface area contributed by atoms with Gasteiger partial charge in [-0.05, 0) is 54.3 Å². The van der Waals surface area contributed by atoms with Gasteiger partial charge in [-0.3, -0.25) is 4.79 Å². The molecular weight excluding hydrogens is 372 g/mol. The van der Waals surface area contributed by atoms with Gasteiger partial charge in [0.2, 0.25) is 5.78 Å². The number of allylic oxidation sites excluding steroid dienone is 1. The molecule has 0 N–H and O–H groups in total. The van der Waals surface area contributed by atoms with Gasteiger partial charge in [0.1, 0.15) is 5.75 Å². The summed E-state index contributed by atoms with van der Waals surface area (Å²) in [4.78, 5) is 24.4. The first-order valence-corrected chi connectivity index (χ1v) is 9.40. The maximum absolute atomic E-state index is 12.7. The number of carbonyl (C=O) groups is 2. The van der Waals surface area contributed by atoms with E-state index in [9.17, 15) is 9.59 Å². The Kier molecular flexibility index (Phi) is 6.22. The summed E-state index contributed by atoms with van der Waals surface area (Å²) in [5, 5.41) is 0. The van der Waals surface area contributed by atoms with Crippen LogP contribution >= 0.6 is 0 Å². The van der Waals surface area contributed by atoms with Crippen molar-refractivity contribution < 1.29 is 28.5 Å². The molecule has 6 nitrogen and oxygen atoms in total. The van der Waals surface area contributed by atoms with E-state index in [2.05, 4.69) is 13.8 Å². The van der Waals surface area contributed by atoms with Crippen LogP contribution in [0.15, 0.2) is 42.2 Å². The van der Waals surface area contributed by atoms with E-state index in [1.165, 1.54) is 13.2 Å². The van der Waals surface area contributed by atoms with E-state index >= 15 is 0 Å². The molecule has 0 saturated carbocycles. The minimum Gasteiger partial charge on any atom is -0.493 e. The molecular formula is C23H24O6. The highest BCUT2D eigenvalue weighted by Gasteiger charge is 2.28. The summed E-state index contributed by atoms with van der Waals surface area (Å²) in [7, 11) is 2.87. The molecule has 0 amide bonds. The third-order valence-corrected chi connectivity index (χ3v) is 4.53. The average molecular weight is 396 g/mol. The Bertz CT molecular complexity index is 958. The van der Waals surface area contributed by atoms with Gasteiger partial charge in [0.05, 0.1) is 32.0 Å². The van der Waals surface area contributed by atoms with Crippen molar-refractivity contribution in [3.05, 3.63) is 58.8 Å². The van der Waals surface area contributed by atoms with Crippen molar-refractivity contribution in [3.8, 4) is 17.2 Å². The minimum absolute atomic E-state index is 0.178. The molecule has 0 radical (unpaired) electrons. The second kappa shape index (κ2) is 8.82. The normalized spacial score (nSPS) is 14.0. The Labute approximate surface area is 170 Å². The van der Waals surface area contributed by atoms with Crippen molar-refractivity contribution in [2.75, 3.05) is 20.8 Å². The van der Waals surface area contributed by atoms with Gasteiger partial charge in [-0.1, -0.05) is 19.9 Å². The number of ketones is 1. The zero-order chi connectivity index (χ0) is 21.0. The van der Waals surface area contributed by atoms with E-state index in [1.807, 2.05) is 12.1 Å². The number of rotatable bonds is 7. The van der Waals surface area contributed by atoms with Crippen LogP contribution < -0.4 is 14.2 Å². The second-order valence-electron chi connectivity index (χ2n) is 7.08. The number of esters is 1. The van der Waals surface area contributed by atoms with Crippen molar-refractivity contribution in [3.63, 3.8) is 0 Å². The first kappa shape index (κ1) is 20.5. The quantitative estimate of drug-likeness (QED) is 0.506. The lowest BCUT2D eigenvalue weighted by Crippen LogP contribution is -2.03. The van der Waals surface area contributed by atoms with E-state index in [0.717, 1.165) is 12.0 Å². The molecule has 0 aromatic heterocycles. The molecule has 0 atom stereocenters. The SMILES string of the molecule is COC(=O)c1ccc2c(c1)C(=O)C(=Cc1ccc(OCCC(C)C)c(OC)c1)O2. The van der Waals surface area contributed by atoms with Gasteiger partial charge in [-0.25, -0.2) is 4.79 Å². The Morgan fingerprint density at radius 1 is 1.10 bits per heavy atom. The van der Waals surface area contributed by atoms with Crippen molar-refractivity contribution in [2.45, 2.75) is 20.3 Å². The molecule has 2 aromatic carbocycles. The van der Waals surface area contributed by atoms with Gasteiger partial charge < -0.3 is 18.9 Å². The van der Waals surface area contributed by atoms with E-state index in [-0.39, 0.29) is 11.5 Å². The number of carbonyl (C=O) groups excluding carboxylic acids is 2. The van der Waals surface area contributed by atoms with Crippen LogP contribution in [0, 0.1) is 5.92 Å². The number of Topliss-reactive ketones (excluding diaryl/α,β-unsaturated/α-hetero) is 1. The fourth-order valence-electron chi connectivity index (χ4n) is 2.88. The molecule has 29 heavy (non-hydrogen) atoms. The second-order valence-corrected chi connectivity index (χ2v) is 7.08. The smallest absolute Gasteiger partial charge is 0.337 e. The standard InChI is InChI=1S/C23H24O6/c1-14(2)9-10-28-19-7-5-15(11-20(19)26-3)12-21-22(24)17-13-16(23(25)27-4)6-8-18(17)29-21/h5-8,11-14H,9-10H2,1-4H3. The fourth-order valence-corrected chi connectivity index (χ4v) is 2.88. The fraction of sp³-hybridized carbons (Fsp3) is 0.304. The molecule has 0 unspecified atom stereocenters. The first-order valence-electron chi connectivity index (χ1n) is 9.40. The van der Waals surface area contributed by atoms with Crippen molar-refractivity contribution in [1.29, 1.82) is 0 Å². The van der Waals surface area contributed by atoms with Gasteiger partial charge in [0, 0.05) is 0 Å². The van der Waals surface area contributed by atoms with Crippen molar-refractivity contribution >= 4 is 17.8 Å². The van der Waals surface area contributed by atoms with E-state index < -0.39 is 5.97 Å². The van der Waals surface area contributed by atoms with Crippen molar-refractivity contribution in [1.82, 2.24) is 0 Å². The molecule has 1 heterocycles. The third-order valence-electron chi connectivity index (χ3n) is 4.53.